The van der Waals surface area contributed by atoms with Gasteiger partial charge in [0.05, 0.1) is 0 Å². The summed E-state index contributed by atoms with van der Waals surface area (Å²) in [5.41, 5.74) is 2.75. The van der Waals surface area contributed by atoms with E-state index in [1.807, 2.05) is 6.07 Å². The number of likely N-dealkylation sites (tertiary alicyclic amines) is 1. The largest absolute Gasteiger partial charge is 0.356 e. The molecule has 0 unspecified atom stereocenters. The van der Waals surface area contributed by atoms with Gasteiger partial charge in [0, 0.05) is 39.6 Å². The number of amides is 1. The van der Waals surface area contributed by atoms with Gasteiger partial charge in [0.15, 0.2) is 5.96 Å². The van der Waals surface area contributed by atoms with E-state index < -0.39 is 0 Å². The summed E-state index contributed by atoms with van der Waals surface area (Å²) in [5.74, 6) is 0.985. The quantitative estimate of drug-likeness (QED) is 0.617. The number of rotatable bonds is 6. The summed E-state index contributed by atoms with van der Waals surface area (Å²) in [6, 6.07) is 10.5. The van der Waals surface area contributed by atoms with Gasteiger partial charge in [0.1, 0.15) is 0 Å². The number of aliphatic imine (C=N–C) groups is 1. The number of nitrogens with zero attached hydrogens (tertiary/aromatic N) is 2. The highest BCUT2D eigenvalue weighted by molar-refractivity contribution is 5.81. The molecule has 5 nitrogen and oxygen atoms in total. The van der Waals surface area contributed by atoms with Crippen molar-refractivity contribution in [3.8, 4) is 0 Å². The van der Waals surface area contributed by atoms with Crippen LogP contribution >= 0.6 is 0 Å². The van der Waals surface area contributed by atoms with Crippen molar-refractivity contribution in [2.75, 3.05) is 33.2 Å². The Labute approximate surface area is 151 Å². The van der Waals surface area contributed by atoms with Crippen LogP contribution in [0.3, 0.4) is 0 Å². The van der Waals surface area contributed by atoms with Crippen LogP contribution in [0, 0.1) is 0 Å². The highest BCUT2D eigenvalue weighted by Crippen LogP contribution is 2.19. The van der Waals surface area contributed by atoms with Gasteiger partial charge in [-0.15, -0.1) is 0 Å². The lowest BCUT2D eigenvalue weighted by atomic mass is 10.0. The Morgan fingerprint density at radius 1 is 1.16 bits per heavy atom. The summed E-state index contributed by atoms with van der Waals surface area (Å²) >= 11 is 0. The molecule has 0 radical (unpaired) electrons. The molecule has 2 N–H and O–H groups in total. The first-order valence-electron chi connectivity index (χ1n) is 9.19. The molecular formula is C20H30N4O. The van der Waals surface area contributed by atoms with Crippen molar-refractivity contribution in [1.82, 2.24) is 15.5 Å². The molecule has 5 heteroatoms. The van der Waals surface area contributed by atoms with E-state index in [2.05, 4.69) is 57.8 Å². The van der Waals surface area contributed by atoms with E-state index in [1.54, 1.807) is 7.05 Å². The molecular weight excluding hydrogens is 312 g/mol. The monoisotopic (exact) mass is 342 g/mol. The minimum absolute atomic E-state index is 0.0940. The first-order chi connectivity index (χ1) is 12.2. The first kappa shape index (κ1) is 19.0. The second-order valence-electron chi connectivity index (χ2n) is 6.27. The van der Waals surface area contributed by atoms with Crippen LogP contribution in [0.25, 0.3) is 6.08 Å². The maximum Gasteiger partial charge on any atom is 0.221 e. The van der Waals surface area contributed by atoms with Gasteiger partial charge in [0.25, 0.3) is 0 Å². The SMILES string of the molecule is CCCNC(=O)CCNC(=NC)N1CCC(=Cc2ccccc2)CC1. The Kier molecular flexibility index (Phi) is 8.02. The van der Waals surface area contributed by atoms with E-state index in [1.165, 1.54) is 11.1 Å². The number of hydrogen-bond donors (Lipinski definition) is 2. The molecule has 1 amide bonds. The Hall–Kier alpha value is -2.30. The lowest BCUT2D eigenvalue weighted by Crippen LogP contribution is -2.45. The third kappa shape index (κ3) is 6.61. The number of carbonyl (C=O) groups excluding carboxylic acids is 1. The van der Waals surface area contributed by atoms with Gasteiger partial charge < -0.3 is 15.5 Å². The molecule has 1 fully saturated rings. The van der Waals surface area contributed by atoms with Gasteiger partial charge in [-0.25, -0.2) is 0 Å². The van der Waals surface area contributed by atoms with Crippen LogP contribution in [0.1, 0.15) is 38.2 Å². The smallest absolute Gasteiger partial charge is 0.221 e. The summed E-state index contributed by atoms with van der Waals surface area (Å²) in [7, 11) is 1.80. The van der Waals surface area contributed by atoms with Crippen molar-refractivity contribution in [2.24, 2.45) is 4.99 Å². The van der Waals surface area contributed by atoms with Crippen LogP contribution < -0.4 is 10.6 Å². The summed E-state index contributed by atoms with van der Waals surface area (Å²) in [5, 5.41) is 6.20. The van der Waals surface area contributed by atoms with Gasteiger partial charge in [-0.3, -0.25) is 9.79 Å². The van der Waals surface area contributed by atoms with Crippen molar-refractivity contribution in [2.45, 2.75) is 32.6 Å². The average molecular weight is 342 g/mol. The minimum Gasteiger partial charge on any atom is -0.356 e. The second kappa shape index (κ2) is 10.5. The highest BCUT2D eigenvalue weighted by atomic mass is 16.1. The molecule has 0 spiro atoms. The average Bonchev–Trinajstić information content (AvgIpc) is 2.65. The van der Waals surface area contributed by atoms with Gasteiger partial charge in [-0.2, -0.15) is 0 Å². The number of benzene rings is 1. The predicted molar refractivity (Wildman–Crippen MR) is 105 cm³/mol. The fraction of sp³-hybridized carbons (Fsp3) is 0.500. The van der Waals surface area contributed by atoms with Gasteiger partial charge in [-0.1, -0.05) is 48.9 Å². The molecule has 1 aliphatic heterocycles. The Balaban J connectivity index is 1.76. The van der Waals surface area contributed by atoms with Crippen molar-refractivity contribution < 1.29 is 4.79 Å². The molecule has 1 heterocycles. The molecule has 136 valence electrons. The van der Waals surface area contributed by atoms with E-state index >= 15 is 0 Å². The Morgan fingerprint density at radius 3 is 2.52 bits per heavy atom. The summed E-state index contributed by atoms with van der Waals surface area (Å²) in [4.78, 5) is 18.3. The number of piperidine rings is 1. The molecule has 1 aromatic carbocycles. The summed E-state index contributed by atoms with van der Waals surface area (Å²) in [6.45, 7) is 5.33. The van der Waals surface area contributed by atoms with Gasteiger partial charge in [-0.05, 0) is 24.8 Å². The van der Waals surface area contributed by atoms with Crippen molar-refractivity contribution in [3.05, 3.63) is 41.5 Å². The predicted octanol–water partition coefficient (Wildman–Crippen LogP) is 2.66. The van der Waals surface area contributed by atoms with Crippen LogP contribution in [0.4, 0.5) is 0 Å². The van der Waals surface area contributed by atoms with E-state index in [9.17, 15) is 4.79 Å². The molecule has 0 aromatic heterocycles. The zero-order valence-corrected chi connectivity index (χ0v) is 15.4. The van der Waals surface area contributed by atoms with Gasteiger partial charge in [0.2, 0.25) is 5.91 Å². The molecule has 1 aromatic rings. The zero-order valence-electron chi connectivity index (χ0n) is 15.4. The van der Waals surface area contributed by atoms with E-state index in [0.29, 0.717) is 13.0 Å². The summed E-state index contributed by atoms with van der Waals surface area (Å²) < 4.78 is 0. The fourth-order valence-electron chi connectivity index (χ4n) is 2.91. The van der Waals surface area contributed by atoms with Crippen molar-refractivity contribution in [1.29, 1.82) is 0 Å². The van der Waals surface area contributed by atoms with Crippen LogP contribution in [-0.2, 0) is 4.79 Å². The van der Waals surface area contributed by atoms with E-state index in [0.717, 1.165) is 44.9 Å². The van der Waals surface area contributed by atoms with E-state index in [-0.39, 0.29) is 5.91 Å². The third-order valence-corrected chi connectivity index (χ3v) is 4.29. The van der Waals surface area contributed by atoms with Crippen LogP contribution in [0.2, 0.25) is 0 Å². The Morgan fingerprint density at radius 2 is 1.88 bits per heavy atom. The second-order valence-corrected chi connectivity index (χ2v) is 6.27. The lowest BCUT2D eigenvalue weighted by Gasteiger charge is -2.31. The fourth-order valence-corrected chi connectivity index (χ4v) is 2.91. The number of carbonyl (C=O) groups is 1. The number of nitrogens with one attached hydrogen (secondary N) is 2. The molecule has 2 rings (SSSR count). The third-order valence-electron chi connectivity index (χ3n) is 4.29. The molecule has 0 bridgehead atoms. The Bertz CT molecular complexity index is 585. The zero-order chi connectivity index (χ0) is 17.9. The van der Waals surface area contributed by atoms with Crippen LogP contribution in [-0.4, -0.2) is 50.0 Å². The van der Waals surface area contributed by atoms with Gasteiger partial charge >= 0.3 is 0 Å². The maximum atomic E-state index is 11.7. The molecule has 0 atom stereocenters. The number of hydrogen-bond acceptors (Lipinski definition) is 2. The molecule has 0 saturated carbocycles. The lowest BCUT2D eigenvalue weighted by molar-refractivity contribution is -0.120. The first-order valence-corrected chi connectivity index (χ1v) is 9.19. The molecule has 1 aliphatic rings. The maximum absolute atomic E-state index is 11.7. The van der Waals surface area contributed by atoms with Crippen molar-refractivity contribution >= 4 is 17.9 Å². The topological polar surface area (TPSA) is 56.7 Å². The molecule has 0 aliphatic carbocycles. The standard InChI is InChI=1S/C20H30N4O/c1-3-12-22-19(25)9-13-23-20(21-2)24-14-10-18(11-15-24)16-17-7-5-4-6-8-17/h4-8,16H,3,9-15H2,1-2H3,(H,21,23)(H,22,25). The minimum atomic E-state index is 0.0940. The van der Waals surface area contributed by atoms with Crippen LogP contribution in [0.15, 0.2) is 40.9 Å². The molecule has 1 saturated heterocycles. The summed E-state index contributed by atoms with van der Waals surface area (Å²) in [6.07, 6.45) is 5.84. The van der Waals surface area contributed by atoms with Crippen molar-refractivity contribution in [3.63, 3.8) is 0 Å². The molecule has 25 heavy (non-hydrogen) atoms. The van der Waals surface area contributed by atoms with E-state index in [4.69, 9.17) is 0 Å². The highest BCUT2D eigenvalue weighted by Gasteiger charge is 2.17. The normalized spacial score (nSPS) is 15.0. The number of guanidine groups is 1. The van der Waals surface area contributed by atoms with Crippen LogP contribution in [0.5, 0.6) is 0 Å².